The lowest BCUT2D eigenvalue weighted by atomic mass is 9.86. The van der Waals surface area contributed by atoms with Crippen molar-refractivity contribution in [2.75, 3.05) is 5.75 Å². The molecule has 2 N–H and O–H groups in total. The fourth-order valence-corrected chi connectivity index (χ4v) is 2.17. The maximum Gasteiger partial charge on any atom is 0.230 e. The molecule has 0 unspecified atom stereocenters. The zero-order valence-corrected chi connectivity index (χ0v) is 13.2. The lowest BCUT2D eigenvalue weighted by Crippen LogP contribution is -2.58. The van der Waals surface area contributed by atoms with Crippen LogP contribution < -0.4 is 5.32 Å². The van der Waals surface area contributed by atoms with Crippen LogP contribution in [0, 0.1) is 5.82 Å². The molecule has 5 heteroatoms. The van der Waals surface area contributed by atoms with Gasteiger partial charge in [-0.2, -0.15) is 0 Å². The van der Waals surface area contributed by atoms with Crippen LogP contribution in [0.1, 0.15) is 33.3 Å². The third-order valence-corrected chi connectivity index (χ3v) is 4.40. The van der Waals surface area contributed by atoms with Crippen LogP contribution in [-0.4, -0.2) is 27.9 Å². The van der Waals surface area contributed by atoms with Crippen molar-refractivity contribution >= 4 is 17.7 Å². The molecule has 0 spiro atoms. The molecule has 0 saturated heterocycles. The Morgan fingerprint density at radius 2 is 1.80 bits per heavy atom. The maximum atomic E-state index is 12.7. The molecule has 0 aliphatic heterocycles. The van der Waals surface area contributed by atoms with Gasteiger partial charge in [0.2, 0.25) is 5.91 Å². The van der Waals surface area contributed by atoms with E-state index in [0.717, 1.165) is 5.56 Å². The number of hydrogen-bond acceptors (Lipinski definition) is 3. The number of rotatable bonds is 6. The highest BCUT2D eigenvalue weighted by Crippen LogP contribution is 2.21. The number of nitrogens with one attached hydrogen (secondary N) is 1. The van der Waals surface area contributed by atoms with Crippen LogP contribution in [-0.2, 0) is 10.5 Å². The summed E-state index contributed by atoms with van der Waals surface area (Å²) in [6.45, 7) is 6.91. The first-order valence-corrected chi connectivity index (χ1v) is 7.63. The summed E-state index contributed by atoms with van der Waals surface area (Å²) in [4.78, 5) is 11.8. The first-order valence-electron chi connectivity index (χ1n) is 6.47. The van der Waals surface area contributed by atoms with Crippen LogP contribution in [0.25, 0.3) is 0 Å². The summed E-state index contributed by atoms with van der Waals surface area (Å²) >= 11 is 1.46. The van der Waals surface area contributed by atoms with Gasteiger partial charge in [-0.1, -0.05) is 12.1 Å². The number of carbonyl (C=O) groups is 1. The van der Waals surface area contributed by atoms with E-state index < -0.39 is 11.1 Å². The Morgan fingerprint density at radius 1 is 1.25 bits per heavy atom. The van der Waals surface area contributed by atoms with Crippen LogP contribution in [0.5, 0.6) is 0 Å². The average Bonchev–Trinajstić information content (AvgIpc) is 2.29. The highest BCUT2D eigenvalue weighted by Gasteiger charge is 2.36. The summed E-state index contributed by atoms with van der Waals surface area (Å²) in [6.07, 6.45) is 0. The second kappa shape index (κ2) is 6.59. The van der Waals surface area contributed by atoms with Gasteiger partial charge in [0.05, 0.1) is 16.9 Å². The van der Waals surface area contributed by atoms with Crippen molar-refractivity contribution in [3.05, 3.63) is 35.6 Å². The molecule has 1 aromatic carbocycles. The molecule has 112 valence electrons. The minimum absolute atomic E-state index is 0.121. The predicted octanol–water partition coefficient (Wildman–Crippen LogP) is 2.72. The normalized spacial score (nSPS) is 12.3. The average molecular weight is 299 g/mol. The van der Waals surface area contributed by atoms with E-state index >= 15 is 0 Å². The van der Waals surface area contributed by atoms with E-state index in [1.807, 2.05) is 0 Å². The molecule has 0 saturated carbocycles. The van der Waals surface area contributed by atoms with Gasteiger partial charge in [0, 0.05) is 5.75 Å². The summed E-state index contributed by atoms with van der Waals surface area (Å²) in [6, 6.07) is 6.24. The molecule has 0 fully saturated rings. The lowest BCUT2D eigenvalue weighted by molar-refractivity contribution is -0.123. The highest BCUT2D eigenvalue weighted by atomic mass is 32.2. The van der Waals surface area contributed by atoms with Crippen LogP contribution in [0.2, 0.25) is 0 Å². The van der Waals surface area contributed by atoms with Crippen LogP contribution in [0.3, 0.4) is 0 Å². The molecule has 0 bridgehead atoms. The monoisotopic (exact) mass is 299 g/mol. The van der Waals surface area contributed by atoms with Crippen LogP contribution in [0.4, 0.5) is 4.39 Å². The Kier molecular flexibility index (Phi) is 5.59. The number of halogens is 1. The van der Waals surface area contributed by atoms with Gasteiger partial charge < -0.3 is 10.4 Å². The third kappa shape index (κ3) is 5.13. The van der Waals surface area contributed by atoms with Crippen molar-refractivity contribution in [1.29, 1.82) is 0 Å². The summed E-state index contributed by atoms with van der Waals surface area (Å²) in [5, 5.41) is 12.8. The van der Waals surface area contributed by atoms with Gasteiger partial charge in [-0.05, 0) is 45.4 Å². The van der Waals surface area contributed by atoms with Crippen molar-refractivity contribution in [2.24, 2.45) is 0 Å². The topological polar surface area (TPSA) is 49.3 Å². The Labute approximate surface area is 124 Å². The Bertz CT molecular complexity index is 452. The number of thioether (sulfide) groups is 1. The van der Waals surface area contributed by atoms with E-state index in [-0.39, 0.29) is 11.7 Å². The van der Waals surface area contributed by atoms with Crippen LogP contribution >= 0.6 is 11.8 Å². The van der Waals surface area contributed by atoms with Crippen molar-refractivity contribution in [3.8, 4) is 0 Å². The fourth-order valence-electron chi connectivity index (χ4n) is 1.38. The Morgan fingerprint density at radius 3 is 2.30 bits per heavy atom. The standard InChI is InChI=1S/C15H22FNO2S/c1-14(2,15(3,4)19)17-13(18)10-20-9-11-5-7-12(16)8-6-11/h5-8,19H,9-10H2,1-4H3,(H,17,18). The van der Waals surface area contributed by atoms with Crippen molar-refractivity contribution in [1.82, 2.24) is 5.32 Å². The number of carbonyl (C=O) groups excluding carboxylic acids is 1. The molecular formula is C15H22FNO2S. The number of benzene rings is 1. The largest absolute Gasteiger partial charge is 0.388 e. The van der Waals surface area contributed by atoms with Gasteiger partial charge in [0.25, 0.3) is 0 Å². The van der Waals surface area contributed by atoms with E-state index in [1.165, 1.54) is 23.9 Å². The molecule has 0 aliphatic carbocycles. The first-order chi connectivity index (χ1) is 9.12. The molecule has 0 aliphatic rings. The molecule has 0 aromatic heterocycles. The van der Waals surface area contributed by atoms with E-state index in [9.17, 15) is 14.3 Å². The molecule has 20 heavy (non-hydrogen) atoms. The summed E-state index contributed by atoms with van der Waals surface area (Å²) in [7, 11) is 0. The zero-order chi connectivity index (χ0) is 15.4. The van der Waals surface area contributed by atoms with E-state index in [2.05, 4.69) is 5.32 Å². The summed E-state index contributed by atoms with van der Waals surface area (Å²) in [5.41, 5.74) is -0.712. The molecule has 3 nitrogen and oxygen atoms in total. The Hall–Kier alpha value is -1.07. The quantitative estimate of drug-likeness (QED) is 0.849. The van der Waals surface area contributed by atoms with Gasteiger partial charge in [0.15, 0.2) is 0 Å². The minimum Gasteiger partial charge on any atom is -0.388 e. The van der Waals surface area contributed by atoms with Gasteiger partial charge >= 0.3 is 0 Å². The fraction of sp³-hybridized carbons (Fsp3) is 0.533. The molecule has 1 aromatic rings. The Balaban J connectivity index is 2.39. The third-order valence-electron chi connectivity index (χ3n) is 3.40. The van der Waals surface area contributed by atoms with Gasteiger partial charge in [-0.3, -0.25) is 4.79 Å². The first kappa shape index (κ1) is 17.0. The van der Waals surface area contributed by atoms with Gasteiger partial charge in [0.1, 0.15) is 5.82 Å². The molecular weight excluding hydrogens is 277 g/mol. The number of aliphatic hydroxyl groups is 1. The van der Waals surface area contributed by atoms with E-state index in [4.69, 9.17) is 0 Å². The number of amides is 1. The van der Waals surface area contributed by atoms with Gasteiger partial charge in [-0.15, -0.1) is 11.8 Å². The SMILES string of the molecule is CC(C)(O)C(C)(C)NC(=O)CSCc1ccc(F)cc1. The predicted molar refractivity (Wildman–Crippen MR) is 81.1 cm³/mol. The van der Waals surface area contributed by atoms with Crippen molar-refractivity contribution < 1.29 is 14.3 Å². The van der Waals surface area contributed by atoms with E-state index in [1.54, 1.807) is 39.8 Å². The van der Waals surface area contributed by atoms with E-state index in [0.29, 0.717) is 11.5 Å². The number of hydrogen-bond donors (Lipinski definition) is 2. The lowest BCUT2D eigenvalue weighted by Gasteiger charge is -2.37. The summed E-state index contributed by atoms with van der Waals surface area (Å²) in [5.74, 6) is 0.570. The summed E-state index contributed by atoms with van der Waals surface area (Å²) < 4.78 is 12.7. The second-order valence-electron chi connectivity index (χ2n) is 5.85. The second-order valence-corrected chi connectivity index (χ2v) is 6.84. The smallest absolute Gasteiger partial charge is 0.230 e. The minimum atomic E-state index is -0.996. The molecule has 0 radical (unpaired) electrons. The van der Waals surface area contributed by atoms with Crippen molar-refractivity contribution in [2.45, 2.75) is 44.6 Å². The van der Waals surface area contributed by atoms with Crippen molar-refractivity contribution in [3.63, 3.8) is 0 Å². The molecule has 0 atom stereocenters. The molecule has 0 heterocycles. The van der Waals surface area contributed by atoms with Gasteiger partial charge in [-0.25, -0.2) is 4.39 Å². The highest BCUT2D eigenvalue weighted by molar-refractivity contribution is 7.99. The molecule has 1 rings (SSSR count). The maximum absolute atomic E-state index is 12.7. The van der Waals surface area contributed by atoms with Crippen LogP contribution in [0.15, 0.2) is 24.3 Å². The zero-order valence-electron chi connectivity index (χ0n) is 12.4. The molecule has 1 amide bonds.